The van der Waals surface area contributed by atoms with E-state index in [0.717, 1.165) is 24.6 Å². The number of primary amides is 1. The Bertz CT molecular complexity index is 682. The van der Waals surface area contributed by atoms with Crippen LogP contribution in [-0.4, -0.2) is 18.4 Å². The van der Waals surface area contributed by atoms with Crippen LogP contribution >= 0.6 is 35.3 Å². The van der Waals surface area contributed by atoms with E-state index in [4.69, 9.17) is 5.73 Å². The molecular formula is C17H23IN4OS. The van der Waals surface area contributed by atoms with Gasteiger partial charge in [0.05, 0.1) is 13.1 Å². The quantitative estimate of drug-likeness (QED) is 0.354. The minimum absolute atomic E-state index is 0. The molecule has 0 atom stereocenters. The molecule has 2 rings (SSSR count). The highest BCUT2D eigenvalue weighted by molar-refractivity contribution is 14.0. The summed E-state index contributed by atoms with van der Waals surface area (Å²) in [6, 6.07) is 9.31. The Morgan fingerprint density at radius 1 is 1.21 bits per heavy atom. The zero-order chi connectivity index (χ0) is 16.7. The Labute approximate surface area is 163 Å². The number of aryl methyl sites for hydroxylation is 1. The van der Waals surface area contributed by atoms with Gasteiger partial charge in [-0.2, -0.15) is 0 Å². The number of guanidine groups is 1. The summed E-state index contributed by atoms with van der Waals surface area (Å²) in [5.74, 6) is 0.362. The lowest BCUT2D eigenvalue weighted by atomic mass is 10.1. The second kappa shape index (κ2) is 10.3. The maximum Gasteiger partial charge on any atom is 0.248 e. The number of rotatable bonds is 6. The summed E-state index contributed by atoms with van der Waals surface area (Å²) in [5, 5.41) is 8.67. The van der Waals surface area contributed by atoms with Gasteiger partial charge in [0.2, 0.25) is 5.91 Å². The van der Waals surface area contributed by atoms with Crippen molar-refractivity contribution >= 4 is 47.2 Å². The van der Waals surface area contributed by atoms with Gasteiger partial charge in [0, 0.05) is 17.0 Å². The Morgan fingerprint density at radius 2 is 1.92 bits per heavy atom. The van der Waals surface area contributed by atoms with Crippen LogP contribution in [0.15, 0.2) is 40.7 Å². The van der Waals surface area contributed by atoms with Gasteiger partial charge in [0.25, 0.3) is 0 Å². The highest BCUT2D eigenvalue weighted by Gasteiger charge is 2.03. The molecule has 4 N–H and O–H groups in total. The van der Waals surface area contributed by atoms with Gasteiger partial charge in [-0.25, -0.2) is 4.99 Å². The molecular weight excluding hydrogens is 435 g/mol. The molecule has 24 heavy (non-hydrogen) atoms. The molecule has 0 unspecified atom stereocenters. The monoisotopic (exact) mass is 458 g/mol. The normalized spacial score (nSPS) is 10.8. The highest BCUT2D eigenvalue weighted by atomic mass is 127. The molecule has 130 valence electrons. The third-order valence-electron chi connectivity index (χ3n) is 3.39. The van der Waals surface area contributed by atoms with Crippen LogP contribution in [0.3, 0.4) is 0 Å². The van der Waals surface area contributed by atoms with Crippen molar-refractivity contribution in [2.45, 2.75) is 26.9 Å². The molecule has 1 aromatic heterocycles. The zero-order valence-electron chi connectivity index (χ0n) is 13.8. The lowest BCUT2D eigenvalue weighted by Crippen LogP contribution is -2.36. The van der Waals surface area contributed by atoms with E-state index in [1.165, 1.54) is 10.4 Å². The van der Waals surface area contributed by atoms with Gasteiger partial charge >= 0.3 is 0 Å². The number of benzene rings is 1. The van der Waals surface area contributed by atoms with Crippen molar-refractivity contribution in [1.82, 2.24) is 10.6 Å². The van der Waals surface area contributed by atoms with Crippen LogP contribution in [0.5, 0.6) is 0 Å². The number of carbonyl (C=O) groups excluding carboxylic acids is 1. The summed E-state index contributed by atoms with van der Waals surface area (Å²) in [6.45, 7) is 6.25. The third kappa shape index (κ3) is 6.12. The summed E-state index contributed by atoms with van der Waals surface area (Å²) >= 11 is 1.74. The van der Waals surface area contributed by atoms with Crippen LogP contribution in [0.25, 0.3) is 0 Å². The van der Waals surface area contributed by atoms with E-state index in [1.807, 2.05) is 19.1 Å². The van der Waals surface area contributed by atoms with Crippen LogP contribution < -0.4 is 16.4 Å². The summed E-state index contributed by atoms with van der Waals surface area (Å²) < 4.78 is 0. The first-order valence-electron chi connectivity index (χ1n) is 7.54. The van der Waals surface area contributed by atoms with Gasteiger partial charge in [-0.3, -0.25) is 4.79 Å². The van der Waals surface area contributed by atoms with Gasteiger partial charge < -0.3 is 16.4 Å². The lowest BCUT2D eigenvalue weighted by molar-refractivity contribution is 0.100. The molecule has 0 aliphatic heterocycles. The summed E-state index contributed by atoms with van der Waals surface area (Å²) in [4.78, 5) is 16.9. The van der Waals surface area contributed by atoms with Crippen LogP contribution in [0.4, 0.5) is 0 Å². The van der Waals surface area contributed by atoms with Crippen molar-refractivity contribution in [3.05, 3.63) is 57.3 Å². The minimum atomic E-state index is -0.415. The maximum atomic E-state index is 11.1. The van der Waals surface area contributed by atoms with E-state index >= 15 is 0 Å². The smallest absolute Gasteiger partial charge is 0.248 e. The number of amides is 1. The number of nitrogens with zero attached hydrogens (tertiary/aromatic N) is 1. The standard InChI is InChI=1S/C17H22N4OS.HI/c1-3-19-17(21-11-15-12(2)8-9-23-15)20-10-13-4-6-14(7-5-13)16(18)22;/h4-9H,3,10-11H2,1-2H3,(H2,18,22)(H2,19,20,21);1H. The van der Waals surface area contributed by atoms with Crippen molar-refractivity contribution < 1.29 is 4.79 Å². The molecule has 0 aliphatic carbocycles. The van der Waals surface area contributed by atoms with E-state index < -0.39 is 5.91 Å². The predicted molar refractivity (Wildman–Crippen MR) is 111 cm³/mol. The van der Waals surface area contributed by atoms with E-state index in [0.29, 0.717) is 12.1 Å². The first-order valence-corrected chi connectivity index (χ1v) is 8.42. The number of aliphatic imine (C=N–C) groups is 1. The molecule has 0 bridgehead atoms. The average Bonchev–Trinajstić information content (AvgIpc) is 2.95. The number of nitrogens with two attached hydrogens (primary N) is 1. The van der Waals surface area contributed by atoms with E-state index in [-0.39, 0.29) is 24.0 Å². The van der Waals surface area contributed by atoms with Crippen LogP contribution in [0, 0.1) is 6.92 Å². The summed E-state index contributed by atoms with van der Waals surface area (Å²) in [7, 11) is 0. The van der Waals surface area contributed by atoms with Crippen molar-refractivity contribution in [2.24, 2.45) is 10.7 Å². The number of carbonyl (C=O) groups is 1. The second-order valence-electron chi connectivity index (χ2n) is 5.14. The molecule has 0 spiro atoms. The van der Waals surface area contributed by atoms with Gasteiger partial charge in [-0.1, -0.05) is 12.1 Å². The van der Waals surface area contributed by atoms with Crippen molar-refractivity contribution in [3.8, 4) is 0 Å². The van der Waals surface area contributed by atoms with Gasteiger partial charge in [0.15, 0.2) is 5.96 Å². The largest absolute Gasteiger partial charge is 0.366 e. The lowest BCUT2D eigenvalue weighted by Gasteiger charge is -2.11. The highest BCUT2D eigenvalue weighted by Crippen LogP contribution is 2.14. The molecule has 1 heterocycles. The molecule has 0 fully saturated rings. The Balaban J connectivity index is 0.00000288. The number of halogens is 1. The molecule has 0 aliphatic rings. The van der Waals surface area contributed by atoms with Crippen molar-refractivity contribution in [1.29, 1.82) is 0 Å². The van der Waals surface area contributed by atoms with Crippen molar-refractivity contribution in [3.63, 3.8) is 0 Å². The number of thiophene rings is 1. The maximum absolute atomic E-state index is 11.1. The zero-order valence-corrected chi connectivity index (χ0v) is 17.0. The van der Waals surface area contributed by atoms with Gasteiger partial charge in [-0.05, 0) is 48.6 Å². The minimum Gasteiger partial charge on any atom is -0.366 e. The second-order valence-corrected chi connectivity index (χ2v) is 6.14. The Kier molecular flexibility index (Phi) is 8.77. The summed E-state index contributed by atoms with van der Waals surface area (Å²) in [6.07, 6.45) is 0. The number of hydrogen-bond acceptors (Lipinski definition) is 3. The van der Waals surface area contributed by atoms with E-state index in [2.05, 4.69) is 34.0 Å². The van der Waals surface area contributed by atoms with Crippen LogP contribution in [0.2, 0.25) is 0 Å². The Morgan fingerprint density at radius 3 is 2.46 bits per heavy atom. The predicted octanol–water partition coefficient (Wildman–Crippen LogP) is 3.03. The molecule has 7 heteroatoms. The molecule has 0 saturated carbocycles. The van der Waals surface area contributed by atoms with E-state index in [1.54, 1.807) is 23.5 Å². The molecule has 2 aromatic rings. The molecule has 1 amide bonds. The topological polar surface area (TPSA) is 79.5 Å². The van der Waals surface area contributed by atoms with Gasteiger partial charge in [-0.15, -0.1) is 35.3 Å². The fourth-order valence-corrected chi connectivity index (χ4v) is 2.88. The van der Waals surface area contributed by atoms with Crippen molar-refractivity contribution in [2.75, 3.05) is 6.54 Å². The Hall–Kier alpha value is -1.61. The first-order chi connectivity index (χ1) is 11.1. The fourth-order valence-electron chi connectivity index (χ4n) is 2.04. The van der Waals surface area contributed by atoms with Crippen LogP contribution in [0.1, 0.15) is 33.3 Å². The van der Waals surface area contributed by atoms with Crippen LogP contribution in [-0.2, 0) is 13.1 Å². The summed E-state index contributed by atoms with van der Waals surface area (Å²) in [5.41, 5.74) is 8.07. The molecule has 1 aromatic carbocycles. The molecule has 0 saturated heterocycles. The third-order valence-corrected chi connectivity index (χ3v) is 4.41. The molecule has 5 nitrogen and oxygen atoms in total. The SMILES string of the molecule is CCNC(=NCc1ccc(C(N)=O)cc1)NCc1sccc1C.I. The fraction of sp³-hybridized carbons (Fsp3) is 0.294. The van der Waals surface area contributed by atoms with Gasteiger partial charge in [0.1, 0.15) is 0 Å². The first kappa shape index (κ1) is 20.4. The number of nitrogens with one attached hydrogen (secondary N) is 2. The molecule has 0 radical (unpaired) electrons. The average molecular weight is 458 g/mol. The van der Waals surface area contributed by atoms with E-state index in [9.17, 15) is 4.79 Å². The number of hydrogen-bond donors (Lipinski definition) is 3.